The summed E-state index contributed by atoms with van der Waals surface area (Å²) in [6, 6.07) is 0. The number of rotatable bonds is 9. The molecule has 12 heteroatoms. The molecule has 0 saturated heterocycles. The third-order valence-electron chi connectivity index (χ3n) is 4.50. The molecule has 2 aromatic heterocycles. The first-order valence-electron chi connectivity index (χ1n) is 9.60. The molecular formula is C19H26N4O7S. The molecule has 0 unspecified atom stereocenters. The molecule has 2 heterocycles. The van der Waals surface area contributed by atoms with E-state index < -0.39 is 23.2 Å². The van der Waals surface area contributed by atoms with Gasteiger partial charge < -0.3 is 14.6 Å². The van der Waals surface area contributed by atoms with E-state index in [0.717, 1.165) is 27.0 Å². The first-order valence-corrected chi connectivity index (χ1v) is 10.4. The fourth-order valence-corrected chi connectivity index (χ4v) is 4.28. The summed E-state index contributed by atoms with van der Waals surface area (Å²) >= 11 is 1.16. The molecule has 0 aliphatic carbocycles. The third kappa shape index (κ3) is 5.33. The predicted octanol–water partition coefficient (Wildman–Crippen LogP) is 1.26. The van der Waals surface area contributed by atoms with Crippen molar-refractivity contribution < 1.29 is 24.2 Å². The van der Waals surface area contributed by atoms with Gasteiger partial charge in [0, 0.05) is 24.6 Å². The number of hydrazine groups is 1. The van der Waals surface area contributed by atoms with Crippen LogP contribution in [0, 0.1) is 6.92 Å². The number of amides is 2. The molecule has 2 amide bonds. The highest BCUT2D eigenvalue weighted by molar-refractivity contribution is 7.18. The van der Waals surface area contributed by atoms with Gasteiger partial charge in [-0.1, -0.05) is 0 Å². The summed E-state index contributed by atoms with van der Waals surface area (Å²) in [7, 11) is 1.51. The van der Waals surface area contributed by atoms with Crippen LogP contribution in [-0.4, -0.2) is 51.6 Å². The Hall–Kier alpha value is -3.12. The van der Waals surface area contributed by atoms with Gasteiger partial charge in [0.05, 0.1) is 38.0 Å². The van der Waals surface area contributed by atoms with Crippen LogP contribution < -0.4 is 16.7 Å². The minimum atomic E-state index is -1.41. The van der Waals surface area contributed by atoms with Gasteiger partial charge in [-0.05, 0) is 26.3 Å². The van der Waals surface area contributed by atoms with E-state index in [9.17, 15) is 19.2 Å². The first kappa shape index (κ1) is 24.2. The van der Waals surface area contributed by atoms with Gasteiger partial charge in [-0.25, -0.2) is 20.0 Å². The Balaban J connectivity index is 2.58. The maximum absolute atomic E-state index is 12.9. The van der Waals surface area contributed by atoms with Crippen molar-refractivity contribution in [1.82, 2.24) is 19.6 Å². The monoisotopic (exact) mass is 454 g/mol. The summed E-state index contributed by atoms with van der Waals surface area (Å²) in [6.07, 6.45) is 0.863. The van der Waals surface area contributed by atoms with E-state index in [2.05, 4.69) is 5.43 Å². The fourth-order valence-electron chi connectivity index (χ4n) is 2.97. The Morgan fingerprint density at radius 2 is 1.97 bits per heavy atom. The van der Waals surface area contributed by atoms with E-state index in [1.807, 2.05) is 0 Å². The standard InChI is InChI=1S/C19H26N4O7S/c1-5-21-16(25)15-12(3)13(31-17(15)22(19(21)28)8-10-29-4)11-23(20-18(26)27)14(24)7-9-30-6-2/h7,9,20H,5-6,8,10-11H2,1-4H3,(H,26,27)/b9-7+. The lowest BCUT2D eigenvalue weighted by atomic mass is 10.2. The van der Waals surface area contributed by atoms with E-state index in [1.54, 1.807) is 20.8 Å². The maximum atomic E-state index is 12.9. The first-order chi connectivity index (χ1) is 14.8. The van der Waals surface area contributed by atoms with Crippen molar-refractivity contribution in [2.75, 3.05) is 20.3 Å². The second-order valence-electron chi connectivity index (χ2n) is 6.41. The Labute approximate surface area is 182 Å². The van der Waals surface area contributed by atoms with E-state index in [-0.39, 0.29) is 26.2 Å². The minimum Gasteiger partial charge on any atom is -0.501 e. The molecule has 11 nitrogen and oxygen atoms in total. The van der Waals surface area contributed by atoms with Crippen molar-refractivity contribution in [2.45, 2.75) is 40.4 Å². The third-order valence-corrected chi connectivity index (χ3v) is 5.80. The molecule has 31 heavy (non-hydrogen) atoms. The second-order valence-corrected chi connectivity index (χ2v) is 7.49. The number of hydrogen-bond acceptors (Lipinski definition) is 7. The van der Waals surface area contributed by atoms with Crippen molar-refractivity contribution >= 4 is 33.6 Å². The quantitative estimate of drug-likeness (QED) is 0.331. The Kier molecular flexibility index (Phi) is 8.39. The van der Waals surface area contributed by atoms with Crippen LogP contribution in [-0.2, 0) is 33.9 Å². The largest absolute Gasteiger partial charge is 0.501 e. The van der Waals surface area contributed by atoms with Crippen molar-refractivity contribution in [3.8, 4) is 0 Å². The zero-order chi connectivity index (χ0) is 23.1. The molecular weight excluding hydrogens is 428 g/mol. The number of carbonyl (C=O) groups is 2. The van der Waals surface area contributed by atoms with Crippen LogP contribution in [0.15, 0.2) is 21.9 Å². The van der Waals surface area contributed by atoms with Crippen LogP contribution >= 0.6 is 11.3 Å². The number of carboxylic acid groups (broad SMARTS) is 1. The summed E-state index contributed by atoms with van der Waals surface area (Å²) in [5, 5.41) is 10.4. The average molecular weight is 455 g/mol. The molecule has 0 aromatic carbocycles. The van der Waals surface area contributed by atoms with E-state index in [0.29, 0.717) is 27.3 Å². The Bertz CT molecular complexity index is 1100. The van der Waals surface area contributed by atoms with Crippen LogP contribution in [0.1, 0.15) is 24.3 Å². The van der Waals surface area contributed by atoms with Gasteiger partial charge in [0.25, 0.3) is 11.5 Å². The van der Waals surface area contributed by atoms with Crippen LogP contribution in [0.5, 0.6) is 0 Å². The van der Waals surface area contributed by atoms with Crippen molar-refractivity contribution in [3.63, 3.8) is 0 Å². The number of aryl methyl sites for hydroxylation is 1. The molecule has 170 valence electrons. The van der Waals surface area contributed by atoms with Crippen molar-refractivity contribution in [1.29, 1.82) is 0 Å². The van der Waals surface area contributed by atoms with E-state index in [1.165, 1.54) is 17.9 Å². The van der Waals surface area contributed by atoms with Crippen molar-refractivity contribution in [3.05, 3.63) is 43.6 Å². The molecule has 0 radical (unpaired) electrons. The highest BCUT2D eigenvalue weighted by Gasteiger charge is 2.22. The Morgan fingerprint density at radius 3 is 2.55 bits per heavy atom. The molecule has 2 aromatic rings. The average Bonchev–Trinajstić information content (AvgIpc) is 3.03. The minimum absolute atomic E-state index is 0.128. The number of hydrogen-bond donors (Lipinski definition) is 2. The second kappa shape index (κ2) is 10.8. The molecule has 0 atom stereocenters. The highest BCUT2D eigenvalue weighted by Crippen LogP contribution is 2.29. The number of aromatic nitrogens is 2. The number of ether oxygens (including phenoxy) is 2. The lowest BCUT2D eigenvalue weighted by Crippen LogP contribution is -2.44. The van der Waals surface area contributed by atoms with E-state index in [4.69, 9.17) is 14.6 Å². The Morgan fingerprint density at radius 1 is 1.26 bits per heavy atom. The molecule has 0 aliphatic heterocycles. The molecule has 0 spiro atoms. The summed E-state index contributed by atoms with van der Waals surface area (Å²) in [4.78, 5) is 50.3. The van der Waals surface area contributed by atoms with Gasteiger partial charge in [0.1, 0.15) is 4.83 Å². The molecule has 2 rings (SSSR count). The van der Waals surface area contributed by atoms with Gasteiger partial charge in [-0.15, -0.1) is 11.3 Å². The van der Waals surface area contributed by atoms with E-state index >= 15 is 0 Å². The fraction of sp³-hybridized carbons (Fsp3) is 0.474. The summed E-state index contributed by atoms with van der Waals surface area (Å²) in [6.45, 7) is 6.12. The van der Waals surface area contributed by atoms with Crippen LogP contribution in [0.3, 0.4) is 0 Å². The predicted molar refractivity (Wildman–Crippen MR) is 115 cm³/mol. The van der Waals surface area contributed by atoms with Gasteiger partial charge in [-0.3, -0.25) is 18.7 Å². The number of nitrogens with zero attached hydrogens (tertiary/aromatic N) is 3. The normalized spacial score (nSPS) is 11.2. The molecule has 0 saturated carbocycles. The zero-order valence-corrected chi connectivity index (χ0v) is 18.7. The molecule has 0 aliphatic rings. The topological polar surface area (TPSA) is 132 Å². The van der Waals surface area contributed by atoms with Crippen LogP contribution in [0.4, 0.5) is 4.79 Å². The van der Waals surface area contributed by atoms with Gasteiger partial charge in [0.2, 0.25) is 0 Å². The zero-order valence-electron chi connectivity index (χ0n) is 17.8. The molecule has 2 N–H and O–H groups in total. The summed E-state index contributed by atoms with van der Waals surface area (Å²) in [5.41, 5.74) is 1.77. The maximum Gasteiger partial charge on any atom is 0.423 e. The smallest absolute Gasteiger partial charge is 0.423 e. The lowest BCUT2D eigenvalue weighted by Gasteiger charge is -2.19. The number of nitrogens with one attached hydrogen (secondary N) is 1. The number of methoxy groups -OCH3 is 1. The lowest BCUT2D eigenvalue weighted by molar-refractivity contribution is -0.129. The highest BCUT2D eigenvalue weighted by atomic mass is 32.1. The SMILES string of the molecule is CCO/C=C/C(=O)N(Cc1sc2c(c1C)c(=O)n(CC)c(=O)n2CCOC)NC(=O)O. The number of thiophene rings is 1. The summed E-state index contributed by atoms with van der Waals surface area (Å²) in [5.74, 6) is -0.643. The number of fused-ring (bicyclic) bond motifs is 1. The van der Waals surface area contributed by atoms with Gasteiger partial charge >= 0.3 is 11.8 Å². The van der Waals surface area contributed by atoms with Gasteiger partial charge in [-0.2, -0.15) is 0 Å². The summed E-state index contributed by atoms with van der Waals surface area (Å²) < 4.78 is 12.7. The number of carbonyl (C=O) groups excluding carboxylic acids is 1. The van der Waals surface area contributed by atoms with Gasteiger partial charge in [0.15, 0.2) is 0 Å². The van der Waals surface area contributed by atoms with Crippen LogP contribution in [0.2, 0.25) is 0 Å². The van der Waals surface area contributed by atoms with Crippen LogP contribution in [0.25, 0.3) is 10.2 Å². The van der Waals surface area contributed by atoms with Crippen molar-refractivity contribution in [2.24, 2.45) is 0 Å². The molecule has 0 fully saturated rings. The molecule has 0 bridgehead atoms.